The number of aliphatic hydroxyl groups is 1. The van der Waals surface area contributed by atoms with Crippen LogP contribution in [0.1, 0.15) is 16.9 Å². The molecule has 5 rings (SSSR count). The van der Waals surface area contributed by atoms with Crippen LogP contribution in [-0.4, -0.2) is 40.5 Å². The molecule has 0 unspecified atom stereocenters. The van der Waals surface area contributed by atoms with E-state index in [0.717, 1.165) is 43.5 Å². The zero-order valence-corrected chi connectivity index (χ0v) is 23.2. The van der Waals surface area contributed by atoms with Crippen LogP contribution < -0.4 is 4.90 Å². The van der Waals surface area contributed by atoms with Crippen molar-refractivity contribution in [3.8, 4) is 11.1 Å². The normalized spacial score (nSPS) is 14.0. The molecule has 0 aliphatic carbocycles. The number of ether oxygens (including phenoxy) is 1. The molecule has 10 heteroatoms. The van der Waals surface area contributed by atoms with Crippen LogP contribution >= 0.6 is 22.9 Å². The Hall–Kier alpha value is -2.56. The molecule has 1 N–H and O–H groups in total. The highest BCUT2D eigenvalue weighted by Crippen LogP contribution is 2.46. The van der Waals surface area contributed by atoms with Crippen molar-refractivity contribution in [2.24, 2.45) is 0 Å². The molecular formula is C26H29ClN4O3SSi. The van der Waals surface area contributed by atoms with Gasteiger partial charge in [0.05, 0.1) is 40.6 Å². The van der Waals surface area contributed by atoms with E-state index >= 15 is 0 Å². The number of rotatable bonds is 8. The topological polar surface area (TPSA) is 80.5 Å². The lowest BCUT2D eigenvalue weighted by atomic mass is 9.93. The number of aromatic nitrogens is 3. The molecule has 1 aliphatic rings. The number of anilines is 2. The molecule has 4 heterocycles. The summed E-state index contributed by atoms with van der Waals surface area (Å²) in [4.78, 5) is 20.4. The number of halogens is 1. The maximum atomic E-state index is 13.3. The van der Waals surface area contributed by atoms with Crippen molar-refractivity contribution in [3.05, 3.63) is 58.3 Å². The summed E-state index contributed by atoms with van der Waals surface area (Å²) in [5.41, 5.74) is 5.15. The second-order valence-corrected chi connectivity index (χ2v) is 17.4. The van der Waals surface area contributed by atoms with Gasteiger partial charge in [0.2, 0.25) is 5.91 Å². The summed E-state index contributed by atoms with van der Waals surface area (Å²) in [6.07, 6.45) is 6.34. The van der Waals surface area contributed by atoms with Crippen LogP contribution in [0, 0.1) is 0 Å². The Bertz CT molecular complexity index is 1430. The number of hydrogen-bond donors (Lipinski definition) is 1. The Morgan fingerprint density at radius 3 is 2.81 bits per heavy atom. The maximum absolute atomic E-state index is 13.3. The number of hydrogen-bond acceptors (Lipinski definition) is 6. The maximum Gasteiger partial charge on any atom is 0.232 e. The highest BCUT2D eigenvalue weighted by molar-refractivity contribution is 7.19. The molecule has 1 aliphatic heterocycles. The van der Waals surface area contributed by atoms with Gasteiger partial charge in [-0.25, -0.2) is 4.68 Å². The van der Waals surface area contributed by atoms with Gasteiger partial charge in [-0.05, 0) is 42.3 Å². The van der Waals surface area contributed by atoms with Crippen molar-refractivity contribution in [1.82, 2.24) is 14.8 Å². The van der Waals surface area contributed by atoms with Gasteiger partial charge in [-0.3, -0.25) is 14.7 Å². The number of benzene rings is 1. The molecule has 1 amide bonds. The van der Waals surface area contributed by atoms with Gasteiger partial charge in [0.1, 0.15) is 6.73 Å². The van der Waals surface area contributed by atoms with Gasteiger partial charge < -0.3 is 9.84 Å². The summed E-state index contributed by atoms with van der Waals surface area (Å²) < 4.78 is 8.54. The lowest BCUT2D eigenvalue weighted by Crippen LogP contribution is -2.31. The number of aliphatic hydroxyl groups excluding tert-OH is 1. The van der Waals surface area contributed by atoms with Crippen LogP contribution in [-0.2, 0) is 29.3 Å². The minimum atomic E-state index is -1.17. The van der Waals surface area contributed by atoms with Crippen molar-refractivity contribution >= 4 is 58.5 Å². The molecule has 0 atom stereocenters. The third-order valence-corrected chi connectivity index (χ3v) is 9.31. The molecule has 0 spiro atoms. The van der Waals surface area contributed by atoms with Crippen LogP contribution in [0.25, 0.3) is 21.3 Å². The molecule has 0 bridgehead atoms. The van der Waals surface area contributed by atoms with E-state index in [1.165, 1.54) is 11.3 Å². The van der Waals surface area contributed by atoms with Gasteiger partial charge in [-0.15, -0.1) is 11.3 Å². The largest absolute Gasteiger partial charge is 0.391 e. The van der Waals surface area contributed by atoms with Crippen LogP contribution in [0.2, 0.25) is 30.7 Å². The third-order valence-electron chi connectivity index (χ3n) is 6.24. The minimum absolute atomic E-state index is 0.0119. The van der Waals surface area contributed by atoms with Gasteiger partial charge >= 0.3 is 0 Å². The van der Waals surface area contributed by atoms with Gasteiger partial charge in [0.25, 0.3) is 0 Å². The van der Waals surface area contributed by atoms with Crippen molar-refractivity contribution in [3.63, 3.8) is 0 Å². The van der Waals surface area contributed by atoms with E-state index in [2.05, 4.69) is 29.7 Å². The quantitative estimate of drug-likeness (QED) is 0.212. The average molecular weight is 541 g/mol. The fraction of sp³-hybridized carbons (Fsp3) is 0.346. The van der Waals surface area contributed by atoms with E-state index in [1.54, 1.807) is 22.0 Å². The Labute approximate surface area is 220 Å². The zero-order chi connectivity index (χ0) is 25.4. The number of fused-ring (bicyclic) bond motifs is 2. The summed E-state index contributed by atoms with van der Waals surface area (Å²) in [7, 11) is -1.17. The van der Waals surface area contributed by atoms with E-state index < -0.39 is 8.07 Å². The monoisotopic (exact) mass is 540 g/mol. The number of thiophene rings is 1. The average Bonchev–Trinajstić information content (AvgIpc) is 3.47. The number of aryl methyl sites for hydroxylation is 1. The van der Waals surface area contributed by atoms with E-state index in [0.29, 0.717) is 36.9 Å². The number of nitrogens with zero attached hydrogens (tertiary/aromatic N) is 4. The fourth-order valence-corrected chi connectivity index (χ4v) is 6.42. The van der Waals surface area contributed by atoms with E-state index in [4.69, 9.17) is 16.3 Å². The molecular weight excluding hydrogens is 512 g/mol. The standard InChI is InChI=1S/C26H29ClN4O3SSi/c1-36(2,3)9-8-34-16-30-14-19(13-29-30)31-24(33)5-4-17-10-18(27)11-22(25(17)31)21-6-7-28-23-12-20(15-32)35-26(21)23/h6-7,10-14,32H,4-5,8-9,15-16H2,1-3H3. The van der Waals surface area contributed by atoms with E-state index in [1.807, 2.05) is 30.5 Å². The lowest BCUT2D eigenvalue weighted by molar-refractivity contribution is -0.118. The number of pyridine rings is 1. The van der Waals surface area contributed by atoms with Gasteiger partial charge in [-0.2, -0.15) is 5.10 Å². The second-order valence-electron chi connectivity index (χ2n) is 10.2. The van der Waals surface area contributed by atoms with Crippen molar-refractivity contribution in [2.45, 2.75) is 51.9 Å². The minimum Gasteiger partial charge on any atom is -0.391 e. The summed E-state index contributed by atoms with van der Waals surface area (Å²) in [6.45, 7) is 7.97. The SMILES string of the molecule is C[Si](C)(C)CCOCn1cc(N2C(=O)CCc3cc(Cl)cc(-c4ccnc5cc(CO)sc45)c32)cn1. The number of amides is 1. The Kier molecular flexibility index (Phi) is 7.02. The predicted molar refractivity (Wildman–Crippen MR) is 148 cm³/mol. The highest BCUT2D eigenvalue weighted by Gasteiger charge is 2.30. The van der Waals surface area contributed by atoms with Crippen molar-refractivity contribution in [2.75, 3.05) is 11.5 Å². The molecule has 0 saturated heterocycles. The Morgan fingerprint density at radius 2 is 2.03 bits per heavy atom. The van der Waals surface area contributed by atoms with Crippen LogP contribution in [0.3, 0.4) is 0 Å². The molecule has 36 heavy (non-hydrogen) atoms. The first-order valence-electron chi connectivity index (χ1n) is 12.0. The molecule has 1 aromatic carbocycles. The summed E-state index contributed by atoms with van der Waals surface area (Å²) in [5.74, 6) is 0.0119. The Morgan fingerprint density at radius 1 is 1.19 bits per heavy atom. The molecule has 4 aromatic rings. The smallest absolute Gasteiger partial charge is 0.232 e. The first-order chi connectivity index (χ1) is 17.2. The zero-order valence-electron chi connectivity index (χ0n) is 20.6. The summed E-state index contributed by atoms with van der Waals surface area (Å²) in [6, 6.07) is 8.78. The van der Waals surface area contributed by atoms with Crippen molar-refractivity contribution in [1.29, 1.82) is 0 Å². The number of carbonyl (C=O) groups excluding carboxylic acids is 1. The van der Waals surface area contributed by atoms with Crippen molar-refractivity contribution < 1.29 is 14.6 Å². The molecule has 0 fully saturated rings. The van der Waals surface area contributed by atoms with Crippen LogP contribution in [0.15, 0.2) is 42.9 Å². The number of carbonyl (C=O) groups is 1. The third kappa shape index (κ3) is 5.12. The predicted octanol–water partition coefficient (Wildman–Crippen LogP) is 6.23. The Balaban J connectivity index is 1.54. The molecule has 0 radical (unpaired) electrons. The van der Waals surface area contributed by atoms with E-state index in [9.17, 15) is 9.90 Å². The first-order valence-corrected chi connectivity index (χ1v) is 16.9. The lowest BCUT2D eigenvalue weighted by Gasteiger charge is -2.31. The highest BCUT2D eigenvalue weighted by atomic mass is 35.5. The first kappa shape index (κ1) is 25.1. The summed E-state index contributed by atoms with van der Waals surface area (Å²) >= 11 is 8.07. The summed E-state index contributed by atoms with van der Waals surface area (Å²) in [5, 5.41) is 14.8. The van der Waals surface area contributed by atoms with Gasteiger partial charge in [-0.1, -0.05) is 31.2 Å². The second kappa shape index (κ2) is 10.1. The van der Waals surface area contributed by atoms with Gasteiger partial charge in [0, 0.05) is 48.3 Å². The van der Waals surface area contributed by atoms with E-state index in [-0.39, 0.29) is 12.5 Å². The van der Waals surface area contributed by atoms with Gasteiger partial charge in [0.15, 0.2) is 0 Å². The van der Waals surface area contributed by atoms with Crippen LogP contribution in [0.5, 0.6) is 0 Å². The molecule has 0 saturated carbocycles. The molecule has 3 aromatic heterocycles. The fourth-order valence-electron chi connectivity index (χ4n) is 4.42. The molecule has 188 valence electrons. The molecule has 7 nitrogen and oxygen atoms in total. The van der Waals surface area contributed by atoms with Crippen LogP contribution in [0.4, 0.5) is 11.4 Å².